The number of carbonyl (C=O) groups excluding carboxylic acids is 1. The Bertz CT molecular complexity index is 741. The molecule has 0 aliphatic carbocycles. The molecule has 1 atom stereocenters. The van der Waals surface area contributed by atoms with E-state index in [-0.39, 0.29) is 18.4 Å². The fourth-order valence-corrected chi connectivity index (χ4v) is 2.50. The van der Waals surface area contributed by atoms with Crippen molar-refractivity contribution >= 4 is 23.5 Å². The lowest BCUT2D eigenvalue weighted by Gasteiger charge is -2.18. The fourth-order valence-electron chi connectivity index (χ4n) is 2.38. The number of carboxylic acids is 1. The standard InChI is InChI=1S/C20H22ClNO4/c1-13(2)26-12-14-3-5-16(6-4-14)20(25)22-18(11-19(23)24)15-7-9-17(21)10-8-15/h3-10,13,18H,11-12H2,1-2H3,(H,22,25)(H,23,24)/t18-/m0/s1. The molecule has 0 saturated carbocycles. The van der Waals surface area contributed by atoms with Crippen molar-refractivity contribution < 1.29 is 19.4 Å². The van der Waals surface area contributed by atoms with Gasteiger partial charge in [-0.05, 0) is 49.2 Å². The first-order chi connectivity index (χ1) is 12.3. The molecule has 0 aromatic heterocycles. The Labute approximate surface area is 157 Å². The van der Waals surface area contributed by atoms with E-state index in [2.05, 4.69) is 5.32 Å². The lowest BCUT2D eigenvalue weighted by Crippen LogP contribution is -2.30. The summed E-state index contributed by atoms with van der Waals surface area (Å²) in [6, 6.07) is 13.2. The lowest BCUT2D eigenvalue weighted by molar-refractivity contribution is -0.137. The van der Waals surface area contributed by atoms with Crippen LogP contribution in [0.1, 0.15) is 47.8 Å². The van der Waals surface area contributed by atoms with Crippen LogP contribution in [-0.4, -0.2) is 23.1 Å². The predicted molar refractivity (Wildman–Crippen MR) is 100 cm³/mol. The third-order valence-electron chi connectivity index (χ3n) is 3.76. The van der Waals surface area contributed by atoms with Crippen LogP contribution < -0.4 is 5.32 Å². The first kappa shape index (κ1) is 19.9. The fraction of sp³-hybridized carbons (Fsp3) is 0.300. The zero-order chi connectivity index (χ0) is 19.1. The minimum Gasteiger partial charge on any atom is -0.481 e. The number of nitrogens with one attached hydrogen (secondary N) is 1. The number of amides is 1. The molecule has 0 heterocycles. The number of hydrogen-bond donors (Lipinski definition) is 2. The van der Waals surface area contributed by atoms with E-state index >= 15 is 0 Å². The highest BCUT2D eigenvalue weighted by atomic mass is 35.5. The maximum atomic E-state index is 12.5. The number of halogens is 1. The van der Waals surface area contributed by atoms with E-state index in [1.54, 1.807) is 36.4 Å². The molecule has 0 aliphatic rings. The molecule has 0 bridgehead atoms. The van der Waals surface area contributed by atoms with Gasteiger partial charge in [-0.15, -0.1) is 0 Å². The van der Waals surface area contributed by atoms with Crippen LogP contribution in [-0.2, 0) is 16.1 Å². The van der Waals surface area contributed by atoms with E-state index in [9.17, 15) is 9.59 Å². The molecule has 0 unspecified atom stereocenters. The van der Waals surface area contributed by atoms with Crippen LogP contribution in [0.25, 0.3) is 0 Å². The lowest BCUT2D eigenvalue weighted by atomic mass is 10.0. The molecule has 2 rings (SSSR count). The number of benzene rings is 2. The van der Waals surface area contributed by atoms with Crippen molar-refractivity contribution in [1.82, 2.24) is 5.32 Å². The first-order valence-electron chi connectivity index (χ1n) is 8.34. The Hall–Kier alpha value is -2.37. The highest BCUT2D eigenvalue weighted by Gasteiger charge is 2.19. The van der Waals surface area contributed by atoms with Crippen LogP contribution in [0.5, 0.6) is 0 Å². The number of carbonyl (C=O) groups is 2. The topological polar surface area (TPSA) is 75.6 Å². The minimum atomic E-state index is -0.994. The molecule has 0 fully saturated rings. The van der Waals surface area contributed by atoms with Gasteiger partial charge < -0.3 is 15.2 Å². The summed E-state index contributed by atoms with van der Waals surface area (Å²) < 4.78 is 5.53. The monoisotopic (exact) mass is 375 g/mol. The second-order valence-electron chi connectivity index (χ2n) is 6.23. The summed E-state index contributed by atoms with van der Waals surface area (Å²) in [5, 5.41) is 12.5. The van der Waals surface area contributed by atoms with E-state index < -0.39 is 12.0 Å². The summed E-state index contributed by atoms with van der Waals surface area (Å²) in [4.78, 5) is 23.6. The number of carboxylic acid groups (broad SMARTS) is 1. The van der Waals surface area contributed by atoms with Gasteiger partial charge in [0.05, 0.1) is 25.2 Å². The van der Waals surface area contributed by atoms with Gasteiger partial charge in [0.25, 0.3) is 5.91 Å². The Morgan fingerprint density at radius 3 is 2.23 bits per heavy atom. The summed E-state index contributed by atoms with van der Waals surface area (Å²) in [6.45, 7) is 4.40. The number of rotatable bonds is 8. The zero-order valence-electron chi connectivity index (χ0n) is 14.7. The first-order valence-corrected chi connectivity index (χ1v) is 8.71. The number of hydrogen-bond acceptors (Lipinski definition) is 3. The molecule has 26 heavy (non-hydrogen) atoms. The van der Waals surface area contributed by atoms with Gasteiger partial charge in [-0.1, -0.05) is 35.9 Å². The van der Waals surface area contributed by atoms with Gasteiger partial charge in [0.15, 0.2) is 0 Å². The number of aliphatic carboxylic acids is 1. The molecule has 138 valence electrons. The van der Waals surface area contributed by atoms with Crippen molar-refractivity contribution in [3.63, 3.8) is 0 Å². The highest BCUT2D eigenvalue weighted by molar-refractivity contribution is 6.30. The normalized spacial score (nSPS) is 12.0. The van der Waals surface area contributed by atoms with Gasteiger partial charge >= 0.3 is 5.97 Å². The van der Waals surface area contributed by atoms with Crippen molar-refractivity contribution in [2.45, 2.75) is 39.0 Å². The molecule has 0 aliphatic heterocycles. The van der Waals surface area contributed by atoms with Crippen molar-refractivity contribution in [2.24, 2.45) is 0 Å². The minimum absolute atomic E-state index is 0.133. The molecule has 2 aromatic rings. The molecule has 5 nitrogen and oxygen atoms in total. The molecule has 0 saturated heterocycles. The van der Waals surface area contributed by atoms with E-state index in [0.29, 0.717) is 22.8 Å². The van der Waals surface area contributed by atoms with Gasteiger partial charge in [0.1, 0.15) is 0 Å². The quantitative estimate of drug-likeness (QED) is 0.724. The van der Waals surface area contributed by atoms with Crippen molar-refractivity contribution in [2.75, 3.05) is 0 Å². The predicted octanol–water partition coefficient (Wildman–Crippen LogP) is 4.21. The zero-order valence-corrected chi connectivity index (χ0v) is 15.5. The third-order valence-corrected chi connectivity index (χ3v) is 4.01. The summed E-state index contributed by atoms with van der Waals surface area (Å²) >= 11 is 5.87. The van der Waals surface area contributed by atoms with Crippen molar-refractivity contribution in [3.05, 3.63) is 70.2 Å². The van der Waals surface area contributed by atoms with E-state index in [0.717, 1.165) is 5.56 Å². The largest absolute Gasteiger partial charge is 0.481 e. The average molecular weight is 376 g/mol. The summed E-state index contributed by atoms with van der Waals surface area (Å²) in [7, 11) is 0. The van der Waals surface area contributed by atoms with Gasteiger partial charge in [-0.2, -0.15) is 0 Å². The SMILES string of the molecule is CC(C)OCc1ccc(C(=O)N[C@@H](CC(=O)O)c2ccc(Cl)cc2)cc1. The Morgan fingerprint density at radius 1 is 1.08 bits per heavy atom. The third kappa shape index (κ3) is 6.17. The second kappa shape index (κ2) is 9.36. The smallest absolute Gasteiger partial charge is 0.305 e. The Morgan fingerprint density at radius 2 is 1.69 bits per heavy atom. The molecule has 1 amide bonds. The van der Waals surface area contributed by atoms with Gasteiger partial charge in [-0.3, -0.25) is 9.59 Å². The molecule has 0 radical (unpaired) electrons. The highest BCUT2D eigenvalue weighted by Crippen LogP contribution is 2.20. The molecule has 2 aromatic carbocycles. The number of ether oxygens (including phenoxy) is 1. The Balaban J connectivity index is 2.08. The second-order valence-corrected chi connectivity index (χ2v) is 6.67. The molecule has 0 spiro atoms. The maximum Gasteiger partial charge on any atom is 0.305 e. The van der Waals surface area contributed by atoms with E-state index in [1.807, 2.05) is 26.0 Å². The summed E-state index contributed by atoms with van der Waals surface area (Å²) in [6.07, 6.45) is -0.0811. The van der Waals surface area contributed by atoms with Crippen LogP contribution in [0.3, 0.4) is 0 Å². The van der Waals surface area contributed by atoms with E-state index in [1.165, 1.54) is 0 Å². The van der Waals surface area contributed by atoms with Crippen molar-refractivity contribution in [1.29, 1.82) is 0 Å². The Kier molecular flexibility index (Phi) is 7.18. The summed E-state index contributed by atoms with van der Waals surface area (Å²) in [5.41, 5.74) is 2.12. The van der Waals surface area contributed by atoms with Crippen LogP contribution >= 0.6 is 11.6 Å². The molecular formula is C20H22ClNO4. The maximum absolute atomic E-state index is 12.5. The molecule has 6 heteroatoms. The van der Waals surface area contributed by atoms with Gasteiger partial charge in [0, 0.05) is 10.6 Å². The van der Waals surface area contributed by atoms with Gasteiger partial charge in [-0.25, -0.2) is 0 Å². The van der Waals surface area contributed by atoms with Crippen LogP contribution in [0.4, 0.5) is 0 Å². The van der Waals surface area contributed by atoms with Crippen molar-refractivity contribution in [3.8, 4) is 0 Å². The average Bonchev–Trinajstić information content (AvgIpc) is 2.60. The molecule has 2 N–H and O–H groups in total. The van der Waals surface area contributed by atoms with Crippen LogP contribution in [0.2, 0.25) is 5.02 Å². The van der Waals surface area contributed by atoms with E-state index in [4.69, 9.17) is 21.4 Å². The van der Waals surface area contributed by atoms with Crippen LogP contribution in [0.15, 0.2) is 48.5 Å². The summed E-state index contributed by atoms with van der Waals surface area (Å²) in [5.74, 6) is -1.33. The molecular weight excluding hydrogens is 354 g/mol. The van der Waals surface area contributed by atoms with Crippen LogP contribution in [0, 0.1) is 0 Å². The van der Waals surface area contributed by atoms with Gasteiger partial charge in [0.2, 0.25) is 0 Å².